The maximum absolute atomic E-state index is 13.0. The Hall–Kier alpha value is -2.71. The van der Waals surface area contributed by atoms with Crippen molar-refractivity contribution in [2.24, 2.45) is 17.3 Å². The lowest BCUT2D eigenvalue weighted by Crippen LogP contribution is -2.77. The van der Waals surface area contributed by atoms with Gasteiger partial charge >= 0.3 is 15.5 Å². The molecule has 0 unspecified atom stereocenters. The van der Waals surface area contributed by atoms with Gasteiger partial charge in [0.25, 0.3) is 17.6 Å². The van der Waals surface area contributed by atoms with Gasteiger partial charge in [0.2, 0.25) is 0 Å². The van der Waals surface area contributed by atoms with Gasteiger partial charge in [-0.2, -0.15) is 26.6 Å². The van der Waals surface area contributed by atoms with E-state index in [-0.39, 0.29) is 17.3 Å². The van der Waals surface area contributed by atoms with Crippen LogP contribution in [0, 0.1) is 14.1 Å². The third-order valence-corrected chi connectivity index (χ3v) is 6.22. The molecule has 3 rings (SSSR count). The lowest BCUT2D eigenvalue weighted by Gasteiger charge is -2.31. The molecule has 176 valence electrons. The molecule has 14 heteroatoms. The van der Waals surface area contributed by atoms with Gasteiger partial charge in [-0.15, -0.1) is 24.3 Å². The molecule has 1 aliphatic heterocycles. The highest BCUT2D eigenvalue weighted by atomic mass is 32.2. The zero-order valence-corrected chi connectivity index (χ0v) is 18.5. The van der Waals surface area contributed by atoms with E-state index in [4.69, 9.17) is 0 Å². The fraction of sp³-hybridized carbons (Fsp3) is 0.389. The van der Waals surface area contributed by atoms with Crippen molar-refractivity contribution in [2.45, 2.75) is 25.3 Å². The lowest BCUT2D eigenvalue weighted by atomic mass is 10.0. The van der Waals surface area contributed by atoms with Gasteiger partial charge in [-0.25, -0.2) is 0 Å². The molecular weight excluding hydrogens is 449 g/mol. The van der Waals surface area contributed by atoms with Crippen LogP contribution in [-0.2, 0) is 23.5 Å². The number of aryl methyl sites for hydroxylation is 1. The highest BCUT2D eigenvalue weighted by Gasteiger charge is 2.46. The van der Waals surface area contributed by atoms with Crippen LogP contribution in [0.3, 0.4) is 0 Å². The van der Waals surface area contributed by atoms with Crippen LogP contribution in [0.5, 0.6) is 0 Å². The van der Waals surface area contributed by atoms with E-state index in [2.05, 4.69) is 29.3 Å². The number of halogens is 3. The summed E-state index contributed by atoms with van der Waals surface area (Å²) in [5.41, 5.74) is -4.32. The maximum Gasteiger partial charge on any atom is 0.516 e. The van der Waals surface area contributed by atoms with Crippen molar-refractivity contribution in [3.05, 3.63) is 31.8 Å². The van der Waals surface area contributed by atoms with E-state index in [1.54, 1.807) is 27.7 Å². The standard InChI is InChI=1S/C18H25F3N8O2S/c1-5-29-8-6-7-11-9-12(13(10-14(11)29)27-32(30,31)18(19,20)21)25-26-17-24-15(22-2)16(23-3)28(17)4/h9-10,27H,2-3,5-8,22-23H2,1,4H3. The number of imidazole rings is 1. The molecule has 0 saturated carbocycles. The molecular formula is C18H25F3N8O2S. The second-order valence-electron chi connectivity index (χ2n) is 7.08. The number of hydrogen-bond acceptors (Lipinski definition) is 6. The van der Waals surface area contributed by atoms with E-state index in [0.717, 1.165) is 18.5 Å². The number of quaternary nitrogens is 2. The zero-order valence-electron chi connectivity index (χ0n) is 17.6. The van der Waals surface area contributed by atoms with Crippen molar-refractivity contribution in [1.82, 2.24) is 9.55 Å². The molecule has 0 fully saturated rings. The molecule has 32 heavy (non-hydrogen) atoms. The molecule has 0 aliphatic carbocycles. The number of rotatable bonds is 7. The van der Waals surface area contributed by atoms with Crippen molar-refractivity contribution in [2.75, 3.05) is 22.7 Å². The summed E-state index contributed by atoms with van der Waals surface area (Å²) >= 11 is 0. The minimum Gasteiger partial charge on any atom is -0.424 e. The normalized spacial score (nSPS) is 14.8. The first-order valence-electron chi connectivity index (χ1n) is 9.76. The van der Waals surface area contributed by atoms with Crippen molar-refractivity contribution >= 4 is 44.7 Å². The van der Waals surface area contributed by atoms with Gasteiger partial charge in [-0.1, -0.05) is 0 Å². The minimum absolute atomic E-state index is 0.0437. The Kier molecular flexibility index (Phi) is 6.76. The van der Waals surface area contributed by atoms with Crippen LogP contribution in [0.15, 0.2) is 22.4 Å². The average Bonchev–Trinajstić information content (AvgIpc) is 3.05. The number of aromatic nitrogens is 2. The summed E-state index contributed by atoms with van der Waals surface area (Å²) in [4.78, 5) is 6.23. The predicted molar refractivity (Wildman–Crippen MR) is 113 cm³/mol. The Labute approximate surface area is 184 Å². The predicted octanol–water partition coefficient (Wildman–Crippen LogP) is 1.84. The number of fused-ring (bicyclic) bond motifs is 1. The Morgan fingerprint density at radius 3 is 2.53 bits per heavy atom. The minimum atomic E-state index is -5.64. The van der Waals surface area contributed by atoms with E-state index >= 15 is 0 Å². The first-order chi connectivity index (χ1) is 15.0. The number of alkyl halides is 3. The summed E-state index contributed by atoms with van der Waals surface area (Å²) in [5.74, 6) is 1.31. The van der Waals surface area contributed by atoms with Gasteiger partial charge in [-0.3, -0.25) is 9.29 Å². The summed E-state index contributed by atoms with van der Waals surface area (Å²) in [6.07, 6.45) is 1.54. The number of anilines is 2. The Bertz CT molecular complexity index is 1130. The molecule has 1 aromatic carbocycles. The molecule has 1 aliphatic rings. The molecule has 1 aromatic heterocycles. The van der Waals surface area contributed by atoms with Crippen LogP contribution in [0.2, 0.25) is 0 Å². The Balaban J connectivity index is 2.10. The maximum atomic E-state index is 13.0. The third-order valence-electron chi connectivity index (χ3n) is 5.12. The van der Waals surface area contributed by atoms with Crippen LogP contribution in [0.4, 0.5) is 47.8 Å². The SMILES string of the molecule is [CH2-][NH2+]c1nc(N=Nc2cc3c(cc2NS(=O)(=O)C(F)(F)F)N(CC)CCC3)n(C)c1[NH2+][CH2-]. The number of hydrogen-bond donors (Lipinski definition) is 3. The summed E-state index contributed by atoms with van der Waals surface area (Å²) < 4.78 is 65.8. The molecule has 0 saturated heterocycles. The van der Waals surface area contributed by atoms with Crippen molar-refractivity contribution in [3.8, 4) is 0 Å². The van der Waals surface area contributed by atoms with Crippen LogP contribution < -0.4 is 20.3 Å². The summed E-state index contributed by atoms with van der Waals surface area (Å²) in [5, 5.41) is 11.2. The highest BCUT2D eigenvalue weighted by Crippen LogP contribution is 2.39. The van der Waals surface area contributed by atoms with Gasteiger partial charge in [0, 0.05) is 25.8 Å². The summed E-state index contributed by atoms with van der Waals surface area (Å²) in [7, 11) is 3.40. The van der Waals surface area contributed by atoms with Crippen molar-refractivity contribution in [1.29, 1.82) is 0 Å². The van der Waals surface area contributed by atoms with Crippen molar-refractivity contribution < 1.29 is 32.2 Å². The lowest BCUT2D eigenvalue weighted by molar-refractivity contribution is -0.547. The van der Waals surface area contributed by atoms with E-state index in [1.165, 1.54) is 11.4 Å². The fourth-order valence-electron chi connectivity index (χ4n) is 3.49. The molecule has 0 radical (unpaired) electrons. The zero-order chi connectivity index (χ0) is 23.7. The third kappa shape index (κ3) is 4.56. The molecule has 10 nitrogen and oxygen atoms in total. The van der Waals surface area contributed by atoms with Gasteiger partial charge in [-0.05, 0) is 37.5 Å². The molecule has 0 spiro atoms. The smallest absolute Gasteiger partial charge is 0.424 e. The van der Waals surface area contributed by atoms with Crippen LogP contribution in [0.1, 0.15) is 18.9 Å². The topological polar surface area (TPSA) is 125 Å². The number of nitrogens with one attached hydrogen (secondary N) is 1. The largest absolute Gasteiger partial charge is 0.516 e. The second kappa shape index (κ2) is 9.03. The van der Waals surface area contributed by atoms with E-state index in [1.807, 2.05) is 11.8 Å². The van der Waals surface area contributed by atoms with E-state index < -0.39 is 15.5 Å². The van der Waals surface area contributed by atoms with E-state index in [0.29, 0.717) is 30.3 Å². The summed E-state index contributed by atoms with van der Waals surface area (Å²) in [6.45, 7) is 3.26. The van der Waals surface area contributed by atoms with Gasteiger partial charge in [0.1, 0.15) is 5.69 Å². The molecule has 2 heterocycles. The van der Waals surface area contributed by atoms with Crippen LogP contribution in [-0.4, -0.2) is 36.6 Å². The van der Waals surface area contributed by atoms with Crippen LogP contribution in [0.25, 0.3) is 0 Å². The Morgan fingerprint density at radius 1 is 1.25 bits per heavy atom. The first-order valence-corrected chi connectivity index (χ1v) is 11.2. The molecule has 0 bridgehead atoms. The molecule has 0 amide bonds. The second-order valence-corrected chi connectivity index (χ2v) is 8.76. The highest BCUT2D eigenvalue weighted by molar-refractivity contribution is 7.93. The first kappa shape index (κ1) is 23.9. The number of benzene rings is 1. The average molecular weight is 475 g/mol. The number of nitrogens with two attached hydrogens (primary N) is 2. The molecule has 2 aromatic rings. The Morgan fingerprint density at radius 2 is 1.97 bits per heavy atom. The fourth-order valence-corrected chi connectivity index (χ4v) is 4.06. The summed E-state index contributed by atoms with van der Waals surface area (Å²) in [6, 6.07) is 2.93. The van der Waals surface area contributed by atoms with Gasteiger partial charge in [0.05, 0.1) is 5.69 Å². The quantitative estimate of drug-likeness (QED) is 0.418. The van der Waals surface area contributed by atoms with Crippen molar-refractivity contribution in [3.63, 3.8) is 0 Å². The molecule has 0 atom stereocenters. The van der Waals surface area contributed by atoms with Gasteiger partial charge < -0.3 is 15.5 Å². The van der Waals surface area contributed by atoms with Crippen LogP contribution >= 0.6 is 0 Å². The number of azo groups is 1. The number of sulfonamides is 1. The van der Waals surface area contributed by atoms with E-state index in [9.17, 15) is 21.6 Å². The monoisotopic (exact) mass is 474 g/mol. The molecule has 5 N–H and O–H groups in total. The number of nitrogens with zero attached hydrogens (tertiary/aromatic N) is 5. The van der Waals surface area contributed by atoms with Gasteiger partial charge in [0.15, 0.2) is 0 Å².